The maximum absolute atomic E-state index is 11.9. The smallest absolute Gasteiger partial charge is 0.374 e. The molecule has 1 unspecified atom stereocenters. The summed E-state index contributed by atoms with van der Waals surface area (Å²) in [6.07, 6.45) is 7.30. The van der Waals surface area contributed by atoms with E-state index in [0.29, 0.717) is 11.3 Å². The van der Waals surface area contributed by atoms with Crippen LogP contribution in [0.15, 0.2) is 16.9 Å². The molecule has 0 aromatic carbocycles. The third-order valence-corrected chi connectivity index (χ3v) is 2.58. The molecule has 94 valence electrons. The number of carbonyl (C=O) groups excluding carboxylic acids is 1. The molecule has 5 heteroatoms. The van der Waals surface area contributed by atoms with Crippen LogP contribution in [0.1, 0.15) is 35.7 Å². The standard InChI is InChI=1S/C13H14N2O3/c1-3-18-13(17)11-14-10-7-5-8(2)4-6-9(10)12(16)15-11/h4-8H,3H2,1-2H3,(H,14,15,16). The van der Waals surface area contributed by atoms with Gasteiger partial charge in [-0.1, -0.05) is 25.2 Å². The molecule has 0 amide bonds. The fourth-order valence-electron chi connectivity index (χ4n) is 1.64. The number of aromatic nitrogens is 2. The van der Waals surface area contributed by atoms with Gasteiger partial charge in [0.25, 0.3) is 5.56 Å². The van der Waals surface area contributed by atoms with Gasteiger partial charge in [-0.3, -0.25) is 4.79 Å². The number of esters is 1. The highest BCUT2D eigenvalue weighted by Gasteiger charge is 2.15. The zero-order valence-corrected chi connectivity index (χ0v) is 10.3. The first-order chi connectivity index (χ1) is 8.61. The second-order valence-electron chi connectivity index (χ2n) is 4.01. The Morgan fingerprint density at radius 3 is 2.89 bits per heavy atom. The van der Waals surface area contributed by atoms with Gasteiger partial charge in [-0.25, -0.2) is 9.78 Å². The molecule has 0 fully saturated rings. The average molecular weight is 246 g/mol. The minimum Gasteiger partial charge on any atom is -0.460 e. The van der Waals surface area contributed by atoms with Crippen LogP contribution in [0.4, 0.5) is 0 Å². The van der Waals surface area contributed by atoms with Gasteiger partial charge in [0, 0.05) is 0 Å². The van der Waals surface area contributed by atoms with Crippen molar-refractivity contribution in [3.63, 3.8) is 0 Å². The minimum atomic E-state index is -0.618. The molecule has 0 saturated carbocycles. The van der Waals surface area contributed by atoms with Gasteiger partial charge >= 0.3 is 5.97 Å². The summed E-state index contributed by atoms with van der Waals surface area (Å²) in [5.41, 5.74) is 0.615. The molecule has 0 saturated heterocycles. The fraction of sp³-hybridized carbons (Fsp3) is 0.308. The largest absolute Gasteiger partial charge is 0.460 e. The Bertz CT molecular complexity index is 584. The molecule has 5 nitrogen and oxygen atoms in total. The summed E-state index contributed by atoms with van der Waals surface area (Å²) in [5, 5.41) is 0. The number of fused-ring (bicyclic) bond motifs is 1. The van der Waals surface area contributed by atoms with Crippen LogP contribution in [0, 0.1) is 5.92 Å². The van der Waals surface area contributed by atoms with Crippen LogP contribution in [-0.4, -0.2) is 22.5 Å². The van der Waals surface area contributed by atoms with Crippen molar-refractivity contribution in [2.75, 3.05) is 6.61 Å². The molecule has 0 aliphatic heterocycles. The van der Waals surface area contributed by atoms with Gasteiger partial charge in [-0.2, -0.15) is 0 Å². The van der Waals surface area contributed by atoms with Crippen LogP contribution in [0.3, 0.4) is 0 Å². The highest BCUT2D eigenvalue weighted by molar-refractivity contribution is 5.85. The highest BCUT2D eigenvalue weighted by atomic mass is 16.5. The number of nitrogens with zero attached hydrogens (tertiary/aromatic N) is 1. The molecular weight excluding hydrogens is 232 g/mol. The number of hydrogen-bond donors (Lipinski definition) is 1. The molecule has 1 aromatic heterocycles. The summed E-state index contributed by atoms with van der Waals surface area (Å²) in [5.74, 6) is -0.454. The second-order valence-corrected chi connectivity index (χ2v) is 4.01. The van der Waals surface area contributed by atoms with Gasteiger partial charge in [-0.15, -0.1) is 0 Å². The molecule has 1 atom stereocenters. The van der Waals surface area contributed by atoms with Gasteiger partial charge in [0.05, 0.1) is 17.9 Å². The third kappa shape index (κ3) is 2.40. The monoisotopic (exact) mass is 246 g/mol. The summed E-state index contributed by atoms with van der Waals surface area (Å²) in [6, 6.07) is 0. The Morgan fingerprint density at radius 1 is 1.44 bits per heavy atom. The first-order valence-electron chi connectivity index (χ1n) is 5.79. The SMILES string of the molecule is CCOC(=O)c1nc2c(c(=O)[nH]1)C=CC(C)C=C2. The number of carbonyl (C=O) groups is 1. The molecule has 1 aromatic rings. The van der Waals surface area contributed by atoms with Gasteiger partial charge in [0.15, 0.2) is 0 Å². The molecule has 2 rings (SSSR count). The van der Waals surface area contributed by atoms with Crippen molar-refractivity contribution < 1.29 is 9.53 Å². The number of nitrogens with one attached hydrogen (secondary N) is 1. The van der Waals surface area contributed by atoms with E-state index in [9.17, 15) is 9.59 Å². The summed E-state index contributed by atoms with van der Waals surface area (Å²) in [4.78, 5) is 30.0. The van der Waals surface area contributed by atoms with Gasteiger partial charge in [-0.05, 0) is 18.9 Å². The molecule has 1 N–H and O–H groups in total. The molecule has 0 bridgehead atoms. The number of H-pyrrole nitrogens is 1. The lowest BCUT2D eigenvalue weighted by Gasteiger charge is -2.03. The first kappa shape index (κ1) is 12.3. The molecular formula is C13H14N2O3. The summed E-state index contributed by atoms with van der Waals surface area (Å²) < 4.78 is 4.81. The van der Waals surface area contributed by atoms with Crippen molar-refractivity contribution in [3.8, 4) is 0 Å². The molecule has 1 aliphatic rings. The van der Waals surface area contributed by atoms with Gasteiger partial charge in [0.1, 0.15) is 0 Å². The second kappa shape index (κ2) is 5.00. The van der Waals surface area contributed by atoms with Crippen molar-refractivity contribution in [2.45, 2.75) is 13.8 Å². The van der Waals surface area contributed by atoms with Crippen molar-refractivity contribution in [3.05, 3.63) is 39.6 Å². The third-order valence-electron chi connectivity index (χ3n) is 2.58. The number of aromatic amines is 1. The number of ether oxygens (including phenoxy) is 1. The Kier molecular flexibility index (Phi) is 3.41. The van der Waals surface area contributed by atoms with Crippen molar-refractivity contribution in [2.24, 2.45) is 5.92 Å². The van der Waals surface area contributed by atoms with Crippen molar-refractivity contribution in [1.29, 1.82) is 0 Å². The minimum absolute atomic E-state index is 0.0618. The number of hydrogen-bond acceptors (Lipinski definition) is 4. The topological polar surface area (TPSA) is 72.0 Å². The van der Waals surface area contributed by atoms with Crippen LogP contribution in [-0.2, 0) is 4.74 Å². The van der Waals surface area contributed by atoms with Crippen LogP contribution < -0.4 is 5.56 Å². The number of rotatable bonds is 2. The van der Waals surface area contributed by atoms with Gasteiger partial charge < -0.3 is 9.72 Å². The lowest BCUT2D eigenvalue weighted by molar-refractivity contribution is 0.0511. The van der Waals surface area contributed by atoms with E-state index in [1.807, 2.05) is 19.1 Å². The lowest BCUT2D eigenvalue weighted by Crippen LogP contribution is -2.20. The number of allylic oxidation sites excluding steroid dienone is 2. The summed E-state index contributed by atoms with van der Waals surface area (Å²) >= 11 is 0. The highest BCUT2D eigenvalue weighted by Crippen LogP contribution is 2.15. The fourth-order valence-corrected chi connectivity index (χ4v) is 1.64. The maximum atomic E-state index is 11.9. The van der Waals surface area contributed by atoms with E-state index in [4.69, 9.17) is 4.74 Å². The predicted molar refractivity (Wildman–Crippen MR) is 68.0 cm³/mol. The Labute approximate surface area is 104 Å². The average Bonchev–Trinajstić information content (AvgIpc) is 2.52. The Morgan fingerprint density at radius 2 is 2.17 bits per heavy atom. The van der Waals surface area contributed by atoms with E-state index in [0.717, 1.165) is 0 Å². The van der Waals surface area contributed by atoms with Crippen LogP contribution >= 0.6 is 0 Å². The van der Waals surface area contributed by atoms with E-state index in [2.05, 4.69) is 9.97 Å². The van der Waals surface area contributed by atoms with Crippen LogP contribution in [0.25, 0.3) is 12.2 Å². The molecule has 1 aliphatic carbocycles. The summed E-state index contributed by atoms with van der Waals surface area (Å²) in [7, 11) is 0. The Balaban J connectivity index is 2.50. The Hall–Kier alpha value is -2.17. The predicted octanol–water partition coefficient (Wildman–Crippen LogP) is 1.62. The first-order valence-corrected chi connectivity index (χ1v) is 5.79. The van der Waals surface area contributed by atoms with E-state index in [-0.39, 0.29) is 23.9 Å². The van der Waals surface area contributed by atoms with Crippen molar-refractivity contribution >= 4 is 18.1 Å². The zero-order chi connectivity index (χ0) is 13.1. The van der Waals surface area contributed by atoms with Crippen molar-refractivity contribution in [1.82, 2.24) is 9.97 Å². The normalized spacial score (nSPS) is 17.1. The van der Waals surface area contributed by atoms with E-state index in [1.54, 1.807) is 19.1 Å². The molecule has 0 radical (unpaired) electrons. The van der Waals surface area contributed by atoms with Gasteiger partial charge in [0.2, 0.25) is 5.82 Å². The van der Waals surface area contributed by atoms with Crippen LogP contribution in [0.2, 0.25) is 0 Å². The molecule has 18 heavy (non-hydrogen) atoms. The zero-order valence-electron chi connectivity index (χ0n) is 10.3. The van der Waals surface area contributed by atoms with E-state index >= 15 is 0 Å². The maximum Gasteiger partial charge on any atom is 0.374 e. The quantitative estimate of drug-likeness (QED) is 0.805. The van der Waals surface area contributed by atoms with Crippen LogP contribution in [0.5, 0.6) is 0 Å². The van der Waals surface area contributed by atoms with E-state index in [1.165, 1.54) is 0 Å². The van der Waals surface area contributed by atoms with E-state index < -0.39 is 5.97 Å². The summed E-state index contributed by atoms with van der Waals surface area (Å²) in [6.45, 7) is 3.94. The molecule has 0 spiro atoms. The lowest BCUT2D eigenvalue weighted by atomic mass is 10.1. The molecule has 1 heterocycles.